The van der Waals surface area contributed by atoms with Crippen LogP contribution in [0.5, 0.6) is 5.88 Å². The molecule has 2 aromatic rings. The first-order chi connectivity index (χ1) is 10.5. The number of nitrogens with one attached hydrogen (secondary N) is 1. The Kier molecular flexibility index (Phi) is 5.11. The molecule has 0 saturated carbocycles. The van der Waals surface area contributed by atoms with Crippen LogP contribution in [-0.2, 0) is 17.6 Å². The van der Waals surface area contributed by atoms with Gasteiger partial charge in [0.25, 0.3) is 0 Å². The Balaban J connectivity index is 2.06. The minimum absolute atomic E-state index is 0.124. The highest BCUT2D eigenvalue weighted by Gasteiger charge is 2.12. The number of ether oxygens (including phenoxy) is 1. The summed E-state index contributed by atoms with van der Waals surface area (Å²) in [5, 5.41) is 13.4. The van der Waals surface area contributed by atoms with Crippen LogP contribution in [0, 0.1) is 0 Å². The summed E-state index contributed by atoms with van der Waals surface area (Å²) in [6.07, 6.45) is 0.785. The summed E-state index contributed by atoms with van der Waals surface area (Å²) < 4.78 is 5.06. The number of aromatic nitrogens is 1. The SMILES string of the molecule is CCc1nc(OC)ccc1NC(=O)Cc1csc(C(=O)O)c1. The number of rotatable bonds is 6. The van der Waals surface area contributed by atoms with E-state index in [4.69, 9.17) is 9.84 Å². The fraction of sp³-hybridized carbons (Fsp3) is 0.267. The smallest absolute Gasteiger partial charge is 0.345 e. The van der Waals surface area contributed by atoms with E-state index in [0.717, 1.165) is 17.0 Å². The summed E-state index contributed by atoms with van der Waals surface area (Å²) >= 11 is 1.11. The fourth-order valence-corrected chi connectivity index (χ4v) is 2.69. The van der Waals surface area contributed by atoms with Crippen LogP contribution in [0.1, 0.15) is 27.9 Å². The summed E-state index contributed by atoms with van der Waals surface area (Å²) in [6, 6.07) is 4.94. The number of pyridine rings is 1. The van der Waals surface area contributed by atoms with Crippen molar-refractivity contribution in [2.75, 3.05) is 12.4 Å². The second-order valence-electron chi connectivity index (χ2n) is 4.55. The zero-order valence-electron chi connectivity index (χ0n) is 12.3. The van der Waals surface area contributed by atoms with Gasteiger partial charge in [0.15, 0.2) is 0 Å². The molecule has 0 fully saturated rings. The molecule has 1 amide bonds. The Bertz CT molecular complexity index is 697. The molecule has 116 valence electrons. The van der Waals surface area contributed by atoms with Gasteiger partial charge in [0, 0.05) is 6.07 Å². The average Bonchev–Trinajstić information content (AvgIpc) is 2.96. The van der Waals surface area contributed by atoms with Gasteiger partial charge < -0.3 is 15.2 Å². The number of methoxy groups -OCH3 is 1. The molecule has 0 saturated heterocycles. The molecule has 0 aliphatic rings. The maximum atomic E-state index is 12.1. The van der Waals surface area contributed by atoms with E-state index in [1.54, 1.807) is 17.5 Å². The maximum absolute atomic E-state index is 12.1. The zero-order valence-corrected chi connectivity index (χ0v) is 13.1. The number of hydrogen-bond donors (Lipinski definition) is 2. The molecule has 0 bridgehead atoms. The van der Waals surface area contributed by atoms with Crippen LogP contribution in [0.25, 0.3) is 0 Å². The van der Waals surface area contributed by atoms with Gasteiger partial charge in [-0.25, -0.2) is 9.78 Å². The van der Waals surface area contributed by atoms with E-state index in [1.807, 2.05) is 6.92 Å². The van der Waals surface area contributed by atoms with Crippen LogP contribution >= 0.6 is 11.3 Å². The normalized spacial score (nSPS) is 10.3. The first-order valence-electron chi connectivity index (χ1n) is 6.68. The standard InChI is InChI=1S/C15H16N2O4S/c1-3-10-11(4-5-14(17-10)21-2)16-13(18)7-9-6-12(15(19)20)22-8-9/h4-6,8H,3,7H2,1-2H3,(H,16,18)(H,19,20). The lowest BCUT2D eigenvalue weighted by molar-refractivity contribution is -0.115. The van der Waals surface area contributed by atoms with Gasteiger partial charge in [-0.15, -0.1) is 11.3 Å². The predicted octanol–water partition coefficient (Wildman–Crippen LogP) is 2.59. The Morgan fingerprint density at radius 2 is 2.18 bits per heavy atom. The van der Waals surface area contributed by atoms with E-state index in [9.17, 15) is 9.59 Å². The molecule has 2 rings (SSSR count). The average molecular weight is 320 g/mol. The molecule has 0 unspecified atom stereocenters. The number of hydrogen-bond acceptors (Lipinski definition) is 5. The summed E-state index contributed by atoms with van der Waals surface area (Å²) in [4.78, 5) is 27.4. The number of aryl methyl sites for hydroxylation is 1. The largest absolute Gasteiger partial charge is 0.481 e. The Labute approximate surface area is 131 Å². The molecule has 7 heteroatoms. The summed E-state index contributed by atoms with van der Waals surface area (Å²) in [6.45, 7) is 1.94. The molecular weight excluding hydrogens is 304 g/mol. The fourth-order valence-electron chi connectivity index (χ4n) is 1.94. The van der Waals surface area contributed by atoms with Crippen molar-refractivity contribution in [3.8, 4) is 5.88 Å². The highest BCUT2D eigenvalue weighted by atomic mass is 32.1. The lowest BCUT2D eigenvalue weighted by Gasteiger charge is -2.10. The molecule has 2 heterocycles. The number of aromatic carboxylic acids is 1. The van der Waals surface area contributed by atoms with Crippen molar-refractivity contribution in [1.29, 1.82) is 0 Å². The Morgan fingerprint density at radius 1 is 1.41 bits per heavy atom. The number of anilines is 1. The van der Waals surface area contributed by atoms with E-state index < -0.39 is 5.97 Å². The quantitative estimate of drug-likeness (QED) is 0.854. The monoisotopic (exact) mass is 320 g/mol. The topological polar surface area (TPSA) is 88.5 Å². The number of carboxylic acids is 1. The number of carbonyl (C=O) groups excluding carboxylic acids is 1. The van der Waals surface area contributed by atoms with Crippen LogP contribution in [-0.4, -0.2) is 29.1 Å². The molecule has 0 spiro atoms. The van der Waals surface area contributed by atoms with Crippen molar-refractivity contribution in [2.24, 2.45) is 0 Å². The zero-order chi connectivity index (χ0) is 16.1. The van der Waals surface area contributed by atoms with Crippen LogP contribution in [0.3, 0.4) is 0 Å². The van der Waals surface area contributed by atoms with Gasteiger partial charge in [0.05, 0.1) is 24.9 Å². The van der Waals surface area contributed by atoms with Crippen LogP contribution < -0.4 is 10.1 Å². The van der Waals surface area contributed by atoms with E-state index in [-0.39, 0.29) is 17.2 Å². The first kappa shape index (κ1) is 16.0. The van der Waals surface area contributed by atoms with Crippen LogP contribution in [0.2, 0.25) is 0 Å². The number of thiophene rings is 1. The lowest BCUT2D eigenvalue weighted by Crippen LogP contribution is -2.15. The van der Waals surface area contributed by atoms with Crippen molar-refractivity contribution >= 4 is 28.9 Å². The van der Waals surface area contributed by atoms with Crippen molar-refractivity contribution in [3.63, 3.8) is 0 Å². The van der Waals surface area contributed by atoms with Gasteiger partial charge in [0.2, 0.25) is 11.8 Å². The molecule has 22 heavy (non-hydrogen) atoms. The summed E-state index contributed by atoms with van der Waals surface area (Å²) in [5.74, 6) is -0.695. The van der Waals surface area contributed by atoms with Crippen molar-refractivity contribution in [2.45, 2.75) is 19.8 Å². The number of carbonyl (C=O) groups is 2. The van der Waals surface area contributed by atoms with Crippen molar-refractivity contribution in [1.82, 2.24) is 4.98 Å². The van der Waals surface area contributed by atoms with Crippen LogP contribution in [0.4, 0.5) is 5.69 Å². The molecule has 0 aliphatic carbocycles. The van der Waals surface area contributed by atoms with Gasteiger partial charge in [-0.2, -0.15) is 0 Å². The lowest BCUT2D eigenvalue weighted by atomic mass is 10.2. The third-order valence-corrected chi connectivity index (χ3v) is 3.96. The van der Waals surface area contributed by atoms with E-state index in [0.29, 0.717) is 23.6 Å². The summed E-state index contributed by atoms with van der Waals surface area (Å²) in [7, 11) is 1.54. The van der Waals surface area contributed by atoms with Gasteiger partial charge in [0.1, 0.15) is 4.88 Å². The summed E-state index contributed by atoms with van der Waals surface area (Å²) in [5.41, 5.74) is 2.06. The Hall–Kier alpha value is -2.41. The minimum Gasteiger partial charge on any atom is -0.481 e. The van der Waals surface area contributed by atoms with E-state index >= 15 is 0 Å². The molecule has 2 N–H and O–H groups in total. The van der Waals surface area contributed by atoms with Gasteiger partial charge >= 0.3 is 5.97 Å². The van der Waals surface area contributed by atoms with Gasteiger partial charge in [-0.1, -0.05) is 6.92 Å². The van der Waals surface area contributed by atoms with Gasteiger partial charge in [-0.3, -0.25) is 4.79 Å². The van der Waals surface area contributed by atoms with Gasteiger partial charge in [-0.05, 0) is 29.5 Å². The molecule has 6 nitrogen and oxygen atoms in total. The molecule has 0 radical (unpaired) electrons. The second-order valence-corrected chi connectivity index (χ2v) is 5.46. The minimum atomic E-state index is -0.982. The molecule has 0 atom stereocenters. The second kappa shape index (κ2) is 7.04. The molecular formula is C15H16N2O4S. The first-order valence-corrected chi connectivity index (χ1v) is 7.56. The third kappa shape index (κ3) is 3.82. The van der Waals surface area contributed by atoms with Crippen LogP contribution in [0.15, 0.2) is 23.6 Å². The number of nitrogens with zero attached hydrogens (tertiary/aromatic N) is 1. The maximum Gasteiger partial charge on any atom is 0.345 e. The molecule has 0 aromatic carbocycles. The molecule has 2 aromatic heterocycles. The van der Waals surface area contributed by atoms with E-state index in [2.05, 4.69) is 10.3 Å². The third-order valence-electron chi connectivity index (χ3n) is 3.00. The van der Waals surface area contributed by atoms with E-state index in [1.165, 1.54) is 13.2 Å². The highest BCUT2D eigenvalue weighted by Crippen LogP contribution is 2.20. The number of amides is 1. The van der Waals surface area contributed by atoms with Crippen molar-refractivity contribution in [3.05, 3.63) is 39.7 Å². The predicted molar refractivity (Wildman–Crippen MR) is 83.8 cm³/mol. The van der Waals surface area contributed by atoms with Crippen molar-refractivity contribution < 1.29 is 19.4 Å². The molecule has 0 aliphatic heterocycles. The highest BCUT2D eigenvalue weighted by molar-refractivity contribution is 7.12. The number of carboxylic acid groups (broad SMARTS) is 1. The Morgan fingerprint density at radius 3 is 2.77 bits per heavy atom.